The van der Waals surface area contributed by atoms with Crippen molar-refractivity contribution in [2.75, 3.05) is 25.0 Å². The van der Waals surface area contributed by atoms with E-state index in [2.05, 4.69) is 15.6 Å². The molecule has 1 unspecified atom stereocenters. The van der Waals surface area contributed by atoms with Gasteiger partial charge < -0.3 is 15.5 Å². The molecule has 0 aliphatic carbocycles. The molecule has 6 nitrogen and oxygen atoms in total. The Balaban J connectivity index is 1.63. The van der Waals surface area contributed by atoms with Gasteiger partial charge in [-0.15, -0.1) is 0 Å². The summed E-state index contributed by atoms with van der Waals surface area (Å²) in [6, 6.07) is 9.28. The summed E-state index contributed by atoms with van der Waals surface area (Å²) in [5.74, 6) is -0.0823. The number of urea groups is 1. The summed E-state index contributed by atoms with van der Waals surface area (Å²) in [4.78, 5) is 30.1. The third-order valence-electron chi connectivity index (χ3n) is 4.05. The summed E-state index contributed by atoms with van der Waals surface area (Å²) >= 11 is 0. The van der Waals surface area contributed by atoms with Crippen molar-refractivity contribution in [3.8, 4) is 0 Å². The van der Waals surface area contributed by atoms with Crippen LogP contribution in [0, 0.1) is 5.92 Å². The van der Waals surface area contributed by atoms with Crippen LogP contribution in [0.2, 0.25) is 0 Å². The lowest BCUT2D eigenvalue weighted by Gasteiger charge is -2.17. The third kappa shape index (κ3) is 3.41. The van der Waals surface area contributed by atoms with Crippen molar-refractivity contribution in [3.63, 3.8) is 0 Å². The number of amides is 3. The zero-order valence-electron chi connectivity index (χ0n) is 13.1. The van der Waals surface area contributed by atoms with Crippen LogP contribution in [0.1, 0.15) is 13.3 Å². The van der Waals surface area contributed by atoms with Crippen molar-refractivity contribution in [2.24, 2.45) is 5.92 Å². The number of pyridine rings is 1. The molecule has 1 aromatic heterocycles. The van der Waals surface area contributed by atoms with Crippen molar-refractivity contribution in [1.82, 2.24) is 15.2 Å². The van der Waals surface area contributed by atoms with Gasteiger partial charge in [0.1, 0.15) is 0 Å². The molecule has 2 N–H and O–H groups in total. The average molecular weight is 312 g/mol. The Morgan fingerprint density at radius 1 is 1.35 bits per heavy atom. The van der Waals surface area contributed by atoms with Gasteiger partial charge in [0.2, 0.25) is 5.91 Å². The fourth-order valence-corrected chi connectivity index (χ4v) is 2.83. The topological polar surface area (TPSA) is 74.3 Å². The summed E-state index contributed by atoms with van der Waals surface area (Å²) in [6.07, 6.45) is 2.45. The first-order valence-corrected chi connectivity index (χ1v) is 7.86. The first-order chi connectivity index (χ1) is 11.2. The maximum Gasteiger partial charge on any atom is 0.321 e. The van der Waals surface area contributed by atoms with Gasteiger partial charge in [-0.1, -0.05) is 6.07 Å². The van der Waals surface area contributed by atoms with E-state index in [-0.39, 0.29) is 17.9 Å². The van der Waals surface area contributed by atoms with Crippen molar-refractivity contribution in [2.45, 2.75) is 13.3 Å². The molecule has 23 heavy (non-hydrogen) atoms. The predicted molar refractivity (Wildman–Crippen MR) is 89.1 cm³/mol. The van der Waals surface area contributed by atoms with E-state index in [9.17, 15) is 9.59 Å². The van der Waals surface area contributed by atoms with Gasteiger partial charge in [-0.05, 0) is 37.6 Å². The molecule has 1 saturated heterocycles. The first-order valence-electron chi connectivity index (χ1n) is 7.86. The van der Waals surface area contributed by atoms with Gasteiger partial charge in [-0.2, -0.15) is 0 Å². The van der Waals surface area contributed by atoms with E-state index in [0.29, 0.717) is 26.1 Å². The van der Waals surface area contributed by atoms with Gasteiger partial charge in [0, 0.05) is 36.9 Å². The van der Waals surface area contributed by atoms with Crippen LogP contribution >= 0.6 is 0 Å². The number of hydrogen-bond donors (Lipinski definition) is 2. The molecular weight excluding hydrogens is 292 g/mol. The smallest absolute Gasteiger partial charge is 0.321 e. The number of fused-ring (bicyclic) bond motifs is 1. The number of likely N-dealkylation sites (tertiary alicyclic amines) is 1. The zero-order chi connectivity index (χ0) is 16.2. The van der Waals surface area contributed by atoms with E-state index in [0.717, 1.165) is 16.6 Å². The fraction of sp³-hybridized carbons (Fsp3) is 0.353. The number of carbonyl (C=O) groups excluding carboxylic acids is 2. The molecule has 120 valence electrons. The Bertz CT molecular complexity index is 731. The number of rotatable bonds is 3. The van der Waals surface area contributed by atoms with Crippen molar-refractivity contribution in [3.05, 3.63) is 36.5 Å². The molecule has 1 fully saturated rings. The van der Waals surface area contributed by atoms with E-state index < -0.39 is 0 Å². The van der Waals surface area contributed by atoms with E-state index in [1.54, 1.807) is 11.1 Å². The molecule has 0 saturated carbocycles. The zero-order valence-corrected chi connectivity index (χ0v) is 13.1. The first kappa shape index (κ1) is 15.3. The van der Waals surface area contributed by atoms with Gasteiger partial charge in [0.25, 0.3) is 0 Å². The van der Waals surface area contributed by atoms with E-state index in [4.69, 9.17) is 0 Å². The highest BCUT2D eigenvalue weighted by Crippen LogP contribution is 2.20. The highest BCUT2D eigenvalue weighted by Gasteiger charge is 2.30. The van der Waals surface area contributed by atoms with Crippen LogP contribution in [0.3, 0.4) is 0 Å². The lowest BCUT2D eigenvalue weighted by atomic mass is 10.1. The summed E-state index contributed by atoms with van der Waals surface area (Å²) < 4.78 is 0. The Morgan fingerprint density at radius 2 is 2.22 bits per heavy atom. The average Bonchev–Trinajstić information content (AvgIpc) is 3.05. The van der Waals surface area contributed by atoms with Crippen LogP contribution < -0.4 is 10.6 Å². The van der Waals surface area contributed by atoms with E-state index in [1.165, 1.54) is 0 Å². The van der Waals surface area contributed by atoms with Gasteiger partial charge in [0.05, 0.1) is 11.4 Å². The largest absolute Gasteiger partial charge is 0.356 e. The van der Waals surface area contributed by atoms with Crippen molar-refractivity contribution < 1.29 is 9.59 Å². The van der Waals surface area contributed by atoms with Crippen molar-refractivity contribution in [1.29, 1.82) is 0 Å². The number of nitrogens with one attached hydrogen (secondary N) is 2. The number of nitrogens with zero attached hydrogens (tertiary/aromatic N) is 2. The Labute approximate surface area is 134 Å². The SMILES string of the molecule is CCNC(=O)C1CCN(C(=O)Nc2ccc3ncccc3c2)C1. The minimum atomic E-state index is -0.167. The van der Waals surface area contributed by atoms with Crippen LogP contribution in [-0.2, 0) is 4.79 Å². The summed E-state index contributed by atoms with van der Waals surface area (Å²) in [5, 5.41) is 6.69. The minimum Gasteiger partial charge on any atom is -0.356 e. The Hall–Kier alpha value is -2.63. The van der Waals surface area contributed by atoms with Crippen LogP contribution in [0.5, 0.6) is 0 Å². The molecule has 2 heterocycles. The highest BCUT2D eigenvalue weighted by molar-refractivity contribution is 5.93. The second-order valence-electron chi connectivity index (χ2n) is 5.67. The number of hydrogen-bond acceptors (Lipinski definition) is 3. The summed E-state index contributed by atoms with van der Waals surface area (Å²) in [7, 11) is 0. The van der Waals surface area contributed by atoms with E-state index >= 15 is 0 Å². The maximum atomic E-state index is 12.3. The Morgan fingerprint density at radius 3 is 3.04 bits per heavy atom. The highest BCUT2D eigenvalue weighted by atomic mass is 16.2. The lowest BCUT2D eigenvalue weighted by molar-refractivity contribution is -0.124. The molecule has 2 aromatic rings. The summed E-state index contributed by atoms with van der Waals surface area (Å²) in [5.41, 5.74) is 1.62. The number of carbonyl (C=O) groups is 2. The monoisotopic (exact) mass is 312 g/mol. The molecule has 1 aliphatic rings. The predicted octanol–water partition coefficient (Wildman–Crippen LogP) is 2.22. The third-order valence-corrected chi connectivity index (χ3v) is 4.05. The molecule has 6 heteroatoms. The molecule has 1 aliphatic heterocycles. The molecule has 1 atom stereocenters. The van der Waals surface area contributed by atoms with E-state index in [1.807, 2.05) is 37.3 Å². The van der Waals surface area contributed by atoms with Gasteiger partial charge in [-0.25, -0.2) is 4.79 Å². The molecule has 0 bridgehead atoms. The molecular formula is C17H20N4O2. The fourth-order valence-electron chi connectivity index (χ4n) is 2.83. The van der Waals surface area contributed by atoms with Crippen LogP contribution in [-0.4, -0.2) is 41.5 Å². The van der Waals surface area contributed by atoms with Crippen molar-refractivity contribution >= 4 is 28.5 Å². The van der Waals surface area contributed by atoms with Gasteiger partial charge in [-0.3, -0.25) is 9.78 Å². The second kappa shape index (κ2) is 6.64. The standard InChI is InChI=1S/C17H20N4O2/c1-2-18-16(22)13-7-9-21(11-13)17(23)20-14-5-6-15-12(10-14)4-3-8-19-15/h3-6,8,10,13H,2,7,9,11H2,1H3,(H,18,22)(H,20,23). The van der Waals surface area contributed by atoms with Crippen LogP contribution in [0.4, 0.5) is 10.5 Å². The second-order valence-corrected chi connectivity index (χ2v) is 5.67. The maximum absolute atomic E-state index is 12.3. The quantitative estimate of drug-likeness (QED) is 0.912. The van der Waals surface area contributed by atoms with Crippen LogP contribution in [0.25, 0.3) is 10.9 Å². The number of benzene rings is 1. The van der Waals surface area contributed by atoms with Gasteiger partial charge >= 0.3 is 6.03 Å². The molecule has 3 amide bonds. The molecule has 1 aromatic carbocycles. The number of anilines is 1. The lowest BCUT2D eigenvalue weighted by Crippen LogP contribution is -2.36. The van der Waals surface area contributed by atoms with Crippen LogP contribution in [0.15, 0.2) is 36.5 Å². The van der Waals surface area contributed by atoms with Gasteiger partial charge in [0.15, 0.2) is 0 Å². The summed E-state index contributed by atoms with van der Waals surface area (Å²) in [6.45, 7) is 3.58. The molecule has 0 radical (unpaired) electrons. The molecule has 0 spiro atoms. The Kier molecular flexibility index (Phi) is 4.41. The normalized spacial score (nSPS) is 17.3. The molecule has 3 rings (SSSR count). The number of aromatic nitrogens is 1. The minimum absolute atomic E-state index is 0.0274.